The number of nitrogens with zero attached hydrogens (tertiary/aromatic N) is 1. The van der Waals surface area contributed by atoms with Crippen molar-refractivity contribution in [2.75, 3.05) is 36.3 Å². The highest BCUT2D eigenvalue weighted by molar-refractivity contribution is 7.36. The van der Waals surface area contributed by atoms with Crippen LogP contribution in [0.2, 0.25) is 0 Å². The highest BCUT2D eigenvalue weighted by Gasteiger charge is 2.19. The van der Waals surface area contributed by atoms with E-state index in [0.717, 1.165) is 13.9 Å². The number of anilines is 2. The predicted octanol–water partition coefficient (Wildman–Crippen LogP) is 1.93. The maximum absolute atomic E-state index is 11.7. The topological polar surface area (TPSA) is 67.9 Å². The van der Waals surface area contributed by atoms with E-state index in [2.05, 4.69) is 11.6 Å². The number of rotatable bonds is 4. The molecule has 1 saturated heterocycles. The molecule has 1 heterocycles. The fourth-order valence-corrected chi connectivity index (χ4v) is 1.98. The maximum atomic E-state index is 11.7. The summed E-state index contributed by atoms with van der Waals surface area (Å²) in [6.07, 6.45) is 3.29. The molecule has 0 saturated carbocycles. The number of benzene rings is 1. The van der Waals surface area contributed by atoms with Gasteiger partial charge in [0, 0.05) is 17.9 Å². The first kappa shape index (κ1) is 14.5. The highest BCUT2D eigenvalue weighted by atomic mass is 31.1. The van der Waals surface area contributed by atoms with Crippen LogP contribution in [0.5, 0.6) is 0 Å². The van der Waals surface area contributed by atoms with Crippen molar-refractivity contribution in [1.29, 1.82) is 0 Å². The average molecular weight is 294 g/mol. The molecule has 1 aromatic carbocycles. The van der Waals surface area contributed by atoms with Crippen molar-refractivity contribution in [2.45, 2.75) is 0 Å². The van der Waals surface area contributed by atoms with E-state index in [4.69, 9.17) is 9.47 Å². The van der Waals surface area contributed by atoms with Crippen molar-refractivity contribution in [3.05, 3.63) is 24.3 Å². The van der Waals surface area contributed by atoms with Crippen molar-refractivity contribution >= 4 is 37.9 Å². The minimum atomic E-state index is -0.517. The second-order valence-corrected chi connectivity index (χ2v) is 4.76. The van der Waals surface area contributed by atoms with Gasteiger partial charge in [-0.1, -0.05) is 14.5 Å². The van der Waals surface area contributed by atoms with E-state index in [1.807, 2.05) is 0 Å². The lowest BCUT2D eigenvalue weighted by Gasteiger charge is -2.26. The smallest absolute Gasteiger partial charge is 0.412 e. The highest BCUT2D eigenvalue weighted by Crippen LogP contribution is 2.19. The molecule has 0 aliphatic carbocycles. The molecular weight excluding hydrogens is 279 g/mol. The second-order valence-electron chi connectivity index (χ2n) is 4.05. The Kier molecular flexibility index (Phi) is 5.09. The number of amides is 2. The normalized spacial score (nSPS) is 15.2. The summed E-state index contributed by atoms with van der Waals surface area (Å²) in [6.45, 7) is 1.18. The lowest BCUT2D eigenvalue weighted by molar-refractivity contribution is -0.125. The van der Waals surface area contributed by atoms with Crippen LogP contribution in [0.4, 0.5) is 16.2 Å². The summed E-state index contributed by atoms with van der Waals surface area (Å²) in [4.78, 5) is 24.7. The molecule has 1 N–H and O–H groups in total. The molecule has 0 unspecified atom stereocenters. The summed E-state index contributed by atoms with van der Waals surface area (Å²) >= 11 is 0. The summed E-state index contributed by atoms with van der Waals surface area (Å²) in [5.74, 6) is -0.0641. The molecule has 0 atom stereocenters. The van der Waals surface area contributed by atoms with Gasteiger partial charge in [0.1, 0.15) is 13.0 Å². The number of ether oxygens (including phenoxy) is 2. The van der Waals surface area contributed by atoms with E-state index in [0.29, 0.717) is 18.8 Å². The first-order valence-electron chi connectivity index (χ1n) is 6.05. The van der Waals surface area contributed by atoms with Gasteiger partial charge in [0.2, 0.25) is 0 Å². The largest absolute Gasteiger partial charge is 0.440 e. The maximum Gasteiger partial charge on any atom is 0.412 e. The SMILES string of the molecule is C=PCOC(=O)Nc1ccc(N2CCOCC2=O)cc1. The molecule has 1 aromatic rings. The van der Waals surface area contributed by atoms with Crippen molar-refractivity contribution in [1.82, 2.24) is 0 Å². The molecular formula is C13H15N2O4P. The van der Waals surface area contributed by atoms with E-state index in [9.17, 15) is 9.59 Å². The third-order valence-corrected chi connectivity index (χ3v) is 3.01. The van der Waals surface area contributed by atoms with Gasteiger partial charge in [-0.2, -0.15) is 0 Å². The molecule has 106 valence electrons. The van der Waals surface area contributed by atoms with E-state index >= 15 is 0 Å². The number of hydrogen-bond donors (Lipinski definition) is 1. The van der Waals surface area contributed by atoms with Crippen molar-refractivity contribution < 1.29 is 19.1 Å². The fraction of sp³-hybridized carbons (Fsp3) is 0.308. The van der Waals surface area contributed by atoms with Crippen LogP contribution in [0.15, 0.2) is 24.3 Å². The Labute approximate surface area is 118 Å². The van der Waals surface area contributed by atoms with Crippen molar-refractivity contribution in [2.24, 2.45) is 0 Å². The van der Waals surface area contributed by atoms with E-state index in [1.54, 1.807) is 29.2 Å². The van der Waals surface area contributed by atoms with E-state index in [-0.39, 0.29) is 18.9 Å². The molecule has 2 rings (SSSR count). The molecule has 0 bridgehead atoms. The zero-order chi connectivity index (χ0) is 14.4. The van der Waals surface area contributed by atoms with Crippen LogP contribution in [0.25, 0.3) is 0 Å². The minimum Gasteiger partial charge on any atom is -0.440 e. The van der Waals surface area contributed by atoms with Crippen LogP contribution in [0, 0.1) is 0 Å². The van der Waals surface area contributed by atoms with Gasteiger partial charge < -0.3 is 14.4 Å². The Morgan fingerprint density at radius 1 is 1.45 bits per heavy atom. The lowest BCUT2D eigenvalue weighted by Crippen LogP contribution is -2.41. The van der Waals surface area contributed by atoms with Crippen LogP contribution < -0.4 is 10.2 Å². The van der Waals surface area contributed by atoms with Gasteiger partial charge in [-0.15, -0.1) is 0 Å². The van der Waals surface area contributed by atoms with Crippen molar-refractivity contribution in [3.8, 4) is 0 Å². The molecule has 0 aromatic heterocycles. The number of carbonyl (C=O) groups excluding carboxylic acids is 2. The molecule has 20 heavy (non-hydrogen) atoms. The monoisotopic (exact) mass is 294 g/mol. The second kappa shape index (κ2) is 7.03. The summed E-state index contributed by atoms with van der Waals surface area (Å²) in [7, 11) is 0.746. The summed E-state index contributed by atoms with van der Waals surface area (Å²) in [6, 6.07) is 7.00. The van der Waals surface area contributed by atoms with Gasteiger partial charge >= 0.3 is 6.09 Å². The zero-order valence-electron chi connectivity index (χ0n) is 10.9. The minimum absolute atomic E-state index is 0.0641. The Morgan fingerprint density at radius 3 is 2.85 bits per heavy atom. The number of morpholine rings is 1. The van der Waals surface area contributed by atoms with Crippen LogP contribution in [-0.2, 0) is 14.3 Å². The van der Waals surface area contributed by atoms with Gasteiger partial charge in [0.05, 0.1) is 6.61 Å². The average Bonchev–Trinajstić information content (AvgIpc) is 2.47. The van der Waals surface area contributed by atoms with Gasteiger partial charge in [0.25, 0.3) is 5.91 Å². The van der Waals surface area contributed by atoms with Gasteiger partial charge in [-0.3, -0.25) is 10.1 Å². The molecule has 0 radical (unpaired) electrons. The van der Waals surface area contributed by atoms with E-state index in [1.165, 1.54) is 0 Å². The fourth-order valence-electron chi connectivity index (χ4n) is 1.77. The molecule has 0 spiro atoms. The quantitative estimate of drug-likeness (QED) is 0.862. The molecule has 1 fully saturated rings. The Bertz CT molecular complexity index is 504. The van der Waals surface area contributed by atoms with Crippen molar-refractivity contribution in [3.63, 3.8) is 0 Å². The van der Waals surface area contributed by atoms with E-state index < -0.39 is 6.09 Å². The molecule has 1 aliphatic rings. The predicted molar refractivity (Wildman–Crippen MR) is 78.6 cm³/mol. The third kappa shape index (κ3) is 3.79. The van der Waals surface area contributed by atoms with Crippen LogP contribution in [-0.4, -0.2) is 44.4 Å². The molecule has 2 amide bonds. The van der Waals surface area contributed by atoms with Crippen LogP contribution >= 0.6 is 8.20 Å². The summed E-state index contributed by atoms with van der Waals surface area (Å²) < 4.78 is 9.93. The molecule has 7 heteroatoms. The lowest BCUT2D eigenvalue weighted by atomic mass is 10.2. The number of nitrogens with one attached hydrogen (secondary N) is 1. The Balaban J connectivity index is 1.97. The Morgan fingerprint density at radius 2 is 2.20 bits per heavy atom. The van der Waals surface area contributed by atoms with Gasteiger partial charge in [0.15, 0.2) is 0 Å². The van der Waals surface area contributed by atoms with Gasteiger partial charge in [-0.25, -0.2) is 4.79 Å². The third-order valence-electron chi connectivity index (χ3n) is 2.70. The number of hydrogen-bond acceptors (Lipinski definition) is 4. The summed E-state index contributed by atoms with van der Waals surface area (Å²) in [5.41, 5.74) is 1.40. The Hall–Kier alpha value is -1.91. The first-order valence-corrected chi connectivity index (χ1v) is 7.31. The molecule has 6 nitrogen and oxygen atoms in total. The zero-order valence-corrected chi connectivity index (χ0v) is 11.8. The van der Waals surface area contributed by atoms with Gasteiger partial charge in [-0.05, 0) is 24.3 Å². The number of carbonyl (C=O) groups is 2. The first-order chi connectivity index (χ1) is 9.70. The van der Waals surface area contributed by atoms with Crippen LogP contribution in [0.3, 0.4) is 0 Å². The standard InChI is InChI=1S/C13H15N2O4P/c1-20-9-19-13(17)14-10-2-4-11(5-3-10)15-6-7-18-8-12(15)16/h2-5H,1,6-9H2,(H,14,17). The molecule has 1 aliphatic heterocycles. The summed E-state index contributed by atoms with van der Waals surface area (Å²) in [5, 5.41) is 2.60. The van der Waals surface area contributed by atoms with Crippen LogP contribution in [0.1, 0.15) is 0 Å².